The lowest BCUT2D eigenvalue weighted by Crippen LogP contribution is -2.45. The van der Waals surface area contributed by atoms with Gasteiger partial charge in [0.15, 0.2) is 0 Å². The average molecular weight is 355 g/mol. The Labute approximate surface area is 154 Å². The van der Waals surface area contributed by atoms with Gasteiger partial charge in [0.25, 0.3) is 5.91 Å². The van der Waals surface area contributed by atoms with Crippen molar-refractivity contribution in [3.63, 3.8) is 0 Å². The number of nitrogens with zero attached hydrogens (tertiary/aromatic N) is 1. The predicted octanol–water partition coefficient (Wildman–Crippen LogP) is 3.18. The molecule has 0 aliphatic carbocycles. The van der Waals surface area contributed by atoms with E-state index >= 15 is 0 Å². The van der Waals surface area contributed by atoms with Crippen LogP contribution in [0.5, 0.6) is 11.5 Å². The van der Waals surface area contributed by atoms with E-state index in [2.05, 4.69) is 12.1 Å². The van der Waals surface area contributed by atoms with Crippen molar-refractivity contribution in [3.05, 3.63) is 59.7 Å². The van der Waals surface area contributed by atoms with Crippen molar-refractivity contribution in [1.82, 2.24) is 4.90 Å². The number of methoxy groups -OCH3 is 2. The zero-order chi connectivity index (χ0) is 18.4. The van der Waals surface area contributed by atoms with Gasteiger partial charge in [-0.3, -0.25) is 4.79 Å². The number of carbonyl (C=O) groups excluding carboxylic acids is 1. The zero-order valence-corrected chi connectivity index (χ0v) is 15.3. The SMILES string of the molecule is COc1ccc(C(=O)N2CCOC(CCc3ccccc3)C2)c(OC)c1. The van der Waals surface area contributed by atoms with Crippen LogP contribution in [0.25, 0.3) is 0 Å². The number of ether oxygens (including phenoxy) is 3. The summed E-state index contributed by atoms with van der Waals surface area (Å²) < 4.78 is 16.4. The molecular formula is C21H25NO4. The third kappa shape index (κ3) is 4.35. The minimum Gasteiger partial charge on any atom is -0.497 e. The monoisotopic (exact) mass is 355 g/mol. The summed E-state index contributed by atoms with van der Waals surface area (Å²) in [5, 5.41) is 0. The molecule has 0 spiro atoms. The van der Waals surface area contributed by atoms with Gasteiger partial charge in [-0.1, -0.05) is 30.3 Å². The number of morpholine rings is 1. The van der Waals surface area contributed by atoms with E-state index in [4.69, 9.17) is 14.2 Å². The smallest absolute Gasteiger partial charge is 0.257 e. The third-order valence-electron chi connectivity index (χ3n) is 4.66. The third-order valence-corrected chi connectivity index (χ3v) is 4.66. The average Bonchev–Trinajstić information content (AvgIpc) is 2.72. The van der Waals surface area contributed by atoms with Crippen LogP contribution in [0.2, 0.25) is 0 Å². The topological polar surface area (TPSA) is 48.0 Å². The van der Waals surface area contributed by atoms with Crippen molar-refractivity contribution >= 4 is 5.91 Å². The summed E-state index contributed by atoms with van der Waals surface area (Å²) >= 11 is 0. The fourth-order valence-corrected chi connectivity index (χ4v) is 3.20. The quantitative estimate of drug-likeness (QED) is 0.799. The Morgan fingerprint density at radius 2 is 1.96 bits per heavy atom. The first-order valence-corrected chi connectivity index (χ1v) is 8.88. The molecule has 5 nitrogen and oxygen atoms in total. The van der Waals surface area contributed by atoms with Gasteiger partial charge in [0, 0.05) is 19.2 Å². The molecule has 1 amide bonds. The van der Waals surface area contributed by atoms with Gasteiger partial charge in [-0.05, 0) is 30.5 Å². The Morgan fingerprint density at radius 1 is 1.15 bits per heavy atom. The highest BCUT2D eigenvalue weighted by molar-refractivity contribution is 5.97. The number of amides is 1. The molecule has 0 saturated carbocycles. The highest BCUT2D eigenvalue weighted by Crippen LogP contribution is 2.26. The molecule has 1 heterocycles. The van der Waals surface area contributed by atoms with Crippen LogP contribution in [-0.4, -0.2) is 50.8 Å². The summed E-state index contributed by atoms with van der Waals surface area (Å²) in [7, 11) is 3.16. The second-order valence-corrected chi connectivity index (χ2v) is 6.33. The van der Waals surface area contributed by atoms with Crippen LogP contribution in [0.1, 0.15) is 22.3 Å². The molecule has 0 bridgehead atoms. The summed E-state index contributed by atoms with van der Waals surface area (Å²) in [6.07, 6.45) is 1.89. The van der Waals surface area contributed by atoms with Gasteiger partial charge in [-0.25, -0.2) is 0 Å². The maximum atomic E-state index is 12.9. The first-order valence-electron chi connectivity index (χ1n) is 8.88. The predicted molar refractivity (Wildman–Crippen MR) is 100.0 cm³/mol. The summed E-state index contributed by atoms with van der Waals surface area (Å²) in [4.78, 5) is 14.8. The van der Waals surface area contributed by atoms with Gasteiger partial charge in [0.05, 0.1) is 32.5 Å². The normalized spacial score (nSPS) is 17.0. The first-order chi connectivity index (χ1) is 12.7. The molecule has 0 radical (unpaired) electrons. The number of rotatable bonds is 6. The molecular weight excluding hydrogens is 330 g/mol. The summed E-state index contributed by atoms with van der Waals surface area (Å²) in [6.45, 7) is 1.75. The van der Waals surface area contributed by atoms with Crippen molar-refractivity contribution in [2.75, 3.05) is 33.9 Å². The van der Waals surface area contributed by atoms with Crippen molar-refractivity contribution in [2.24, 2.45) is 0 Å². The van der Waals surface area contributed by atoms with Crippen LogP contribution in [0.4, 0.5) is 0 Å². The van der Waals surface area contributed by atoms with E-state index in [1.165, 1.54) is 5.56 Å². The van der Waals surface area contributed by atoms with E-state index in [1.807, 2.05) is 23.1 Å². The maximum Gasteiger partial charge on any atom is 0.257 e. The highest BCUT2D eigenvalue weighted by atomic mass is 16.5. The van der Waals surface area contributed by atoms with Crippen LogP contribution in [0.3, 0.4) is 0 Å². The summed E-state index contributed by atoms with van der Waals surface area (Å²) in [5.74, 6) is 1.17. The fraction of sp³-hybridized carbons (Fsp3) is 0.381. The fourth-order valence-electron chi connectivity index (χ4n) is 3.20. The number of aryl methyl sites for hydroxylation is 1. The van der Waals surface area contributed by atoms with Gasteiger partial charge in [-0.15, -0.1) is 0 Å². The lowest BCUT2D eigenvalue weighted by molar-refractivity contribution is -0.0246. The molecule has 3 rings (SSSR count). The zero-order valence-electron chi connectivity index (χ0n) is 15.3. The molecule has 0 N–H and O–H groups in total. The lowest BCUT2D eigenvalue weighted by Gasteiger charge is -2.33. The van der Waals surface area contributed by atoms with Gasteiger partial charge in [0.2, 0.25) is 0 Å². The van der Waals surface area contributed by atoms with Crippen LogP contribution in [-0.2, 0) is 11.2 Å². The number of benzene rings is 2. The molecule has 1 aliphatic heterocycles. The molecule has 5 heteroatoms. The van der Waals surface area contributed by atoms with Gasteiger partial charge in [-0.2, -0.15) is 0 Å². The van der Waals surface area contributed by atoms with Crippen LogP contribution >= 0.6 is 0 Å². The van der Waals surface area contributed by atoms with E-state index in [9.17, 15) is 4.79 Å². The lowest BCUT2D eigenvalue weighted by atomic mass is 10.1. The first kappa shape index (κ1) is 18.3. The van der Waals surface area contributed by atoms with Crippen LogP contribution < -0.4 is 9.47 Å². The Bertz CT molecular complexity index is 732. The molecule has 2 aromatic rings. The molecule has 1 unspecified atom stereocenters. The molecule has 1 saturated heterocycles. The molecule has 26 heavy (non-hydrogen) atoms. The van der Waals surface area contributed by atoms with Crippen molar-refractivity contribution in [3.8, 4) is 11.5 Å². The minimum absolute atomic E-state index is 0.0301. The van der Waals surface area contributed by atoms with Crippen molar-refractivity contribution in [1.29, 1.82) is 0 Å². The molecule has 1 atom stereocenters. The number of carbonyl (C=O) groups is 1. The number of hydrogen-bond acceptors (Lipinski definition) is 4. The second kappa shape index (κ2) is 8.72. The van der Waals surface area contributed by atoms with Gasteiger partial charge < -0.3 is 19.1 Å². The van der Waals surface area contributed by atoms with Crippen molar-refractivity contribution < 1.29 is 19.0 Å². The molecule has 0 aromatic heterocycles. The van der Waals surface area contributed by atoms with Crippen LogP contribution in [0.15, 0.2) is 48.5 Å². The molecule has 2 aromatic carbocycles. The Morgan fingerprint density at radius 3 is 2.69 bits per heavy atom. The van der Waals surface area contributed by atoms with E-state index < -0.39 is 0 Å². The van der Waals surface area contributed by atoms with E-state index in [0.717, 1.165) is 12.8 Å². The highest BCUT2D eigenvalue weighted by Gasteiger charge is 2.26. The molecule has 1 aliphatic rings. The second-order valence-electron chi connectivity index (χ2n) is 6.33. The Hall–Kier alpha value is -2.53. The summed E-state index contributed by atoms with van der Waals surface area (Å²) in [6, 6.07) is 15.6. The van der Waals surface area contributed by atoms with E-state index in [-0.39, 0.29) is 12.0 Å². The standard InChI is InChI=1S/C21H25NO4/c1-24-17-10-11-19(20(14-17)25-2)21(23)22-12-13-26-18(15-22)9-8-16-6-4-3-5-7-16/h3-7,10-11,14,18H,8-9,12-13,15H2,1-2H3. The molecule has 138 valence electrons. The minimum atomic E-state index is -0.0301. The molecule has 1 fully saturated rings. The van der Waals surface area contributed by atoms with E-state index in [1.54, 1.807) is 32.4 Å². The Balaban J connectivity index is 1.64. The van der Waals surface area contributed by atoms with Crippen molar-refractivity contribution in [2.45, 2.75) is 18.9 Å². The maximum absolute atomic E-state index is 12.9. The van der Waals surface area contributed by atoms with E-state index in [0.29, 0.717) is 36.8 Å². The number of hydrogen-bond donors (Lipinski definition) is 0. The largest absolute Gasteiger partial charge is 0.497 e. The van der Waals surface area contributed by atoms with Gasteiger partial charge in [0.1, 0.15) is 11.5 Å². The van der Waals surface area contributed by atoms with Gasteiger partial charge >= 0.3 is 0 Å². The summed E-state index contributed by atoms with van der Waals surface area (Å²) in [5.41, 5.74) is 1.84. The van der Waals surface area contributed by atoms with Crippen LogP contribution in [0, 0.1) is 0 Å². The Kier molecular flexibility index (Phi) is 6.12.